The van der Waals surface area contributed by atoms with E-state index in [9.17, 15) is 0 Å². The van der Waals surface area contributed by atoms with Crippen LogP contribution in [-0.4, -0.2) is 21.0 Å². The molecule has 0 aliphatic carbocycles. The minimum Gasteiger partial charge on any atom is -0.372 e. The third kappa shape index (κ3) is 1.19. The Labute approximate surface area is 81.6 Å². The van der Waals surface area contributed by atoms with Gasteiger partial charge in [-0.25, -0.2) is 4.98 Å². The summed E-state index contributed by atoms with van der Waals surface area (Å²) in [6, 6.07) is 0. The van der Waals surface area contributed by atoms with Crippen molar-refractivity contribution in [3.05, 3.63) is 30.5 Å². The quantitative estimate of drug-likeness (QED) is 0.683. The fraction of sp³-hybridized carbons (Fsp3) is 0.400. The first-order valence-corrected chi connectivity index (χ1v) is 4.84. The maximum Gasteiger partial charge on any atom is 0.155 e. The topological polar surface area (TPSA) is 39.4 Å². The van der Waals surface area contributed by atoms with E-state index in [1.807, 2.05) is 16.8 Å². The lowest BCUT2D eigenvalue weighted by Crippen LogP contribution is -1.94. The van der Waals surface area contributed by atoms with Crippen LogP contribution in [0.3, 0.4) is 0 Å². The number of fused-ring (bicyclic) bond motifs is 1. The smallest absolute Gasteiger partial charge is 0.155 e. The molecule has 0 saturated carbocycles. The number of nitrogens with zero attached hydrogens (tertiary/aromatic N) is 3. The lowest BCUT2D eigenvalue weighted by atomic mass is 10.2. The highest BCUT2D eigenvalue weighted by molar-refractivity contribution is 5.37. The number of imidazole rings is 1. The van der Waals surface area contributed by atoms with Crippen LogP contribution in [0.5, 0.6) is 0 Å². The fourth-order valence-corrected chi connectivity index (χ4v) is 1.83. The summed E-state index contributed by atoms with van der Waals surface area (Å²) in [6.45, 7) is 0.858. The van der Waals surface area contributed by atoms with Crippen molar-refractivity contribution in [2.45, 2.75) is 18.9 Å². The van der Waals surface area contributed by atoms with Gasteiger partial charge in [0.15, 0.2) is 5.65 Å². The Hall–Kier alpha value is -1.42. The number of hydrogen-bond acceptors (Lipinski definition) is 3. The molecule has 0 bridgehead atoms. The first-order chi connectivity index (χ1) is 6.93. The summed E-state index contributed by atoms with van der Waals surface area (Å²) in [5.74, 6) is 0. The molecule has 4 nitrogen and oxygen atoms in total. The Morgan fingerprint density at radius 2 is 2.50 bits per heavy atom. The van der Waals surface area contributed by atoms with E-state index in [0.717, 1.165) is 30.8 Å². The van der Waals surface area contributed by atoms with E-state index in [-0.39, 0.29) is 6.10 Å². The molecule has 2 aromatic heterocycles. The molecule has 2 aromatic rings. The Kier molecular flexibility index (Phi) is 1.73. The average Bonchev–Trinajstić information content (AvgIpc) is 2.86. The van der Waals surface area contributed by atoms with Gasteiger partial charge in [0.05, 0.1) is 11.9 Å². The highest BCUT2D eigenvalue weighted by atomic mass is 16.5. The molecule has 1 fully saturated rings. The third-order valence-electron chi connectivity index (χ3n) is 2.54. The van der Waals surface area contributed by atoms with Crippen molar-refractivity contribution in [1.29, 1.82) is 0 Å². The van der Waals surface area contributed by atoms with Crippen LogP contribution in [0.25, 0.3) is 5.65 Å². The molecule has 1 saturated heterocycles. The minimum absolute atomic E-state index is 0.190. The zero-order valence-electron chi connectivity index (χ0n) is 7.76. The maximum atomic E-state index is 5.57. The molecule has 0 aromatic carbocycles. The second-order valence-corrected chi connectivity index (χ2v) is 3.51. The van der Waals surface area contributed by atoms with Gasteiger partial charge in [0, 0.05) is 25.2 Å². The molecule has 72 valence electrons. The summed E-state index contributed by atoms with van der Waals surface area (Å²) >= 11 is 0. The van der Waals surface area contributed by atoms with Gasteiger partial charge in [-0.2, -0.15) is 0 Å². The van der Waals surface area contributed by atoms with Crippen molar-refractivity contribution < 1.29 is 4.74 Å². The van der Waals surface area contributed by atoms with Gasteiger partial charge in [0.2, 0.25) is 0 Å². The molecule has 1 atom stereocenters. The van der Waals surface area contributed by atoms with Crippen molar-refractivity contribution in [2.75, 3.05) is 6.61 Å². The lowest BCUT2D eigenvalue weighted by molar-refractivity contribution is 0.109. The second kappa shape index (κ2) is 3.06. The first kappa shape index (κ1) is 7.94. The molecule has 0 spiro atoms. The van der Waals surface area contributed by atoms with Crippen molar-refractivity contribution in [3.8, 4) is 0 Å². The van der Waals surface area contributed by atoms with Gasteiger partial charge in [0.1, 0.15) is 6.10 Å². The Bertz CT molecular complexity index is 412. The number of aromatic nitrogens is 3. The van der Waals surface area contributed by atoms with Gasteiger partial charge in [-0.1, -0.05) is 0 Å². The van der Waals surface area contributed by atoms with E-state index in [0.29, 0.717) is 0 Å². The zero-order chi connectivity index (χ0) is 9.38. The van der Waals surface area contributed by atoms with Gasteiger partial charge in [-0.05, 0) is 12.8 Å². The molecule has 3 heterocycles. The molecule has 1 aliphatic rings. The van der Waals surface area contributed by atoms with E-state index in [1.54, 1.807) is 12.4 Å². The maximum absolute atomic E-state index is 5.57. The highest BCUT2D eigenvalue weighted by Gasteiger charge is 2.20. The number of rotatable bonds is 1. The Morgan fingerprint density at radius 3 is 3.29 bits per heavy atom. The molecule has 4 heteroatoms. The summed E-state index contributed by atoms with van der Waals surface area (Å²) in [4.78, 5) is 8.50. The van der Waals surface area contributed by atoms with E-state index in [4.69, 9.17) is 4.74 Å². The fourth-order valence-electron chi connectivity index (χ4n) is 1.83. The van der Waals surface area contributed by atoms with Crippen LogP contribution in [0.1, 0.15) is 24.6 Å². The monoisotopic (exact) mass is 189 g/mol. The normalized spacial score (nSPS) is 21.9. The zero-order valence-corrected chi connectivity index (χ0v) is 7.76. The lowest BCUT2D eigenvalue weighted by Gasteiger charge is -2.03. The summed E-state index contributed by atoms with van der Waals surface area (Å²) in [5, 5.41) is 0. The largest absolute Gasteiger partial charge is 0.372 e. The summed E-state index contributed by atoms with van der Waals surface area (Å²) in [7, 11) is 0. The van der Waals surface area contributed by atoms with Gasteiger partial charge >= 0.3 is 0 Å². The van der Waals surface area contributed by atoms with E-state index in [2.05, 4.69) is 9.97 Å². The summed E-state index contributed by atoms with van der Waals surface area (Å²) < 4.78 is 7.55. The number of hydrogen-bond donors (Lipinski definition) is 0. The van der Waals surface area contributed by atoms with Crippen molar-refractivity contribution in [3.63, 3.8) is 0 Å². The molecule has 0 radical (unpaired) electrons. The second-order valence-electron chi connectivity index (χ2n) is 3.51. The van der Waals surface area contributed by atoms with E-state index >= 15 is 0 Å². The van der Waals surface area contributed by atoms with Crippen LogP contribution in [0.4, 0.5) is 0 Å². The van der Waals surface area contributed by atoms with Crippen LogP contribution in [0.15, 0.2) is 24.8 Å². The molecule has 0 N–H and O–H groups in total. The molecular weight excluding hydrogens is 178 g/mol. The van der Waals surface area contributed by atoms with Gasteiger partial charge in [-0.3, -0.25) is 4.98 Å². The average molecular weight is 189 g/mol. The predicted octanol–water partition coefficient (Wildman–Crippen LogP) is 1.58. The van der Waals surface area contributed by atoms with Crippen molar-refractivity contribution >= 4 is 5.65 Å². The van der Waals surface area contributed by atoms with Gasteiger partial charge in [0.25, 0.3) is 0 Å². The highest BCUT2D eigenvalue weighted by Crippen LogP contribution is 2.27. The molecule has 14 heavy (non-hydrogen) atoms. The molecule has 1 unspecified atom stereocenters. The molecular formula is C10H11N3O. The number of ether oxygens (including phenoxy) is 1. The van der Waals surface area contributed by atoms with Crippen LogP contribution < -0.4 is 0 Å². The van der Waals surface area contributed by atoms with Crippen molar-refractivity contribution in [1.82, 2.24) is 14.4 Å². The Balaban J connectivity index is 2.05. The van der Waals surface area contributed by atoms with Crippen LogP contribution in [0.2, 0.25) is 0 Å². The van der Waals surface area contributed by atoms with Gasteiger partial charge in [-0.15, -0.1) is 0 Å². The summed E-state index contributed by atoms with van der Waals surface area (Å²) in [5.41, 5.74) is 1.91. The third-order valence-corrected chi connectivity index (χ3v) is 2.54. The van der Waals surface area contributed by atoms with Crippen molar-refractivity contribution in [2.24, 2.45) is 0 Å². The van der Waals surface area contributed by atoms with Crippen LogP contribution in [-0.2, 0) is 4.74 Å². The van der Waals surface area contributed by atoms with E-state index < -0.39 is 0 Å². The van der Waals surface area contributed by atoms with Gasteiger partial charge < -0.3 is 9.14 Å². The Morgan fingerprint density at radius 1 is 1.50 bits per heavy atom. The molecule has 3 rings (SSSR count). The minimum atomic E-state index is 0.190. The summed E-state index contributed by atoms with van der Waals surface area (Å²) in [6.07, 6.45) is 9.85. The van der Waals surface area contributed by atoms with E-state index in [1.165, 1.54) is 0 Å². The predicted molar refractivity (Wildman–Crippen MR) is 50.9 cm³/mol. The molecule has 1 aliphatic heterocycles. The molecule has 0 amide bonds. The first-order valence-electron chi connectivity index (χ1n) is 4.84. The van der Waals surface area contributed by atoms with Crippen LogP contribution >= 0.6 is 0 Å². The van der Waals surface area contributed by atoms with Crippen LogP contribution in [0, 0.1) is 0 Å². The standard InChI is InChI=1S/C10H11N3O/c1-2-9(14-5-1)8-7-13-4-3-11-6-10(13)12-8/h3-4,6-7,9H,1-2,5H2. The SMILES string of the molecule is c1cn2cc(C3CCCO3)nc2cn1.